The lowest BCUT2D eigenvalue weighted by molar-refractivity contribution is -0.324. The Balaban J connectivity index is 2.02. The summed E-state index contributed by atoms with van der Waals surface area (Å²) in [6, 6.07) is 5.37. The molecule has 0 saturated carbocycles. The van der Waals surface area contributed by atoms with Crippen molar-refractivity contribution < 1.29 is 57.1 Å². The van der Waals surface area contributed by atoms with Crippen LogP contribution in [0.4, 0.5) is 0 Å². The van der Waals surface area contributed by atoms with E-state index in [0.717, 1.165) is 0 Å². The monoisotopic (exact) mass is 682 g/mol. The number of carbonyl (C=O) groups is 3. The summed E-state index contributed by atoms with van der Waals surface area (Å²) in [6.45, 7) is 20.2. The van der Waals surface area contributed by atoms with E-state index in [1.54, 1.807) is 25.3 Å². The van der Waals surface area contributed by atoms with Crippen LogP contribution in [-0.4, -0.2) is 88.5 Å². The van der Waals surface area contributed by atoms with Crippen molar-refractivity contribution in [2.45, 2.75) is 123 Å². The standard InChI is InChI=1S/C34H54O12Si/c1-18-19(2)31(42-23(6)37)33(44-27(18)16-40-21(4)35)45-30-20(3)28(17-41-22(5)36)43-32(29(30)38)24-13-14-25(39-10)26(15-24)46-47(11,12)34(7,8)9/h13-15,18-20,27-33,38H,16-17H2,1-12H3/t18-,19-,20+,27+,28+,29-,30-,31-,32+,33+/m0/s1. The van der Waals surface area contributed by atoms with E-state index >= 15 is 0 Å². The Morgan fingerprint density at radius 3 is 1.91 bits per heavy atom. The first kappa shape index (κ1) is 38.7. The number of aliphatic hydroxyl groups excluding tert-OH is 1. The van der Waals surface area contributed by atoms with Gasteiger partial charge < -0.3 is 42.7 Å². The van der Waals surface area contributed by atoms with Gasteiger partial charge in [-0.25, -0.2) is 0 Å². The van der Waals surface area contributed by atoms with Gasteiger partial charge in [0.2, 0.25) is 0 Å². The van der Waals surface area contributed by atoms with Crippen molar-refractivity contribution in [3.8, 4) is 11.5 Å². The molecule has 1 aromatic rings. The third-order valence-electron chi connectivity index (χ3n) is 9.77. The second-order valence-corrected chi connectivity index (χ2v) is 19.0. The molecule has 0 spiro atoms. The molecule has 0 bridgehead atoms. The average molecular weight is 683 g/mol. The summed E-state index contributed by atoms with van der Waals surface area (Å²) in [4.78, 5) is 35.6. The third kappa shape index (κ3) is 9.47. The van der Waals surface area contributed by atoms with E-state index in [2.05, 4.69) is 33.9 Å². The fourth-order valence-electron chi connectivity index (χ4n) is 5.61. The molecule has 0 aromatic heterocycles. The molecule has 12 nitrogen and oxygen atoms in total. The summed E-state index contributed by atoms with van der Waals surface area (Å²) in [5, 5.41) is 11.8. The third-order valence-corrected chi connectivity index (χ3v) is 14.1. The molecule has 2 fully saturated rings. The predicted molar refractivity (Wildman–Crippen MR) is 174 cm³/mol. The lowest BCUT2D eigenvalue weighted by atomic mass is 9.82. The Labute approximate surface area is 279 Å². The highest BCUT2D eigenvalue weighted by molar-refractivity contribution is 6.74. The van der Waals surface area contributed by atoms with Gasteiger partial charge in [-0.05, 0) is 41.7 Å². The number of aliphatic hydroxyl groups is 1. The van der Waals surface area contributed by atoms with Crippen molar-refractivity contribution in [2.24, 2.45) is 17.8 Å². The lowest BCUT2D eigenvalue weighted by Gasteiger charge is -2.48. The molecule has 2 saturated heterocycles. The highest BCUT2D eigenvalue weighted by Gasteiger charge is 2.51. The van der Waals surface area contributed by atoms with Crippen molar-refractivity contribution in [1.82, 2.24) is 0 Å². The van der Waals surface area contributed by atoms with Crippen LogP contribution in [0.5, 0.6) is 11.5 Å². The highest BCUT2D eigenvalue weighted by atomic mass is 28.4. The Morgan fingerprint density at radius 1 is 0.830 bits per heavy atom. The fraction of sp³-hybridized carbons (Fsp3) is 0.735. The first-order valence-electron chi connectivity index (χ1n) is 16.2. The number of carbonyl (C=O) groups excluding carboxylic acids is 3. The van der Waals surface area contributed by atoms with E-state index in [-0.39, 0.29) is 30.1 Å². The molecule has 0 radical (unpaired) electrons. The van der Waals surface area contributed by atoms with E-state index in [9.17, 15) is 19.5 Å². The van der Waals surface area contributed by atoms with Crippen molar-refractivity contribution in [3.63, 3.8) is 0 Å². The van der Waals surface area contributed by atoms with Gasteiger partial charge in [0.1, 0.15) is 31.2 Å². The van der Waals surface area contributed by atoms with Crippen LogP contribution in [0.25, 0.3) is 0 Å². The SMILES string of the molecule is COc1ccc([C@H]2O[C@H](COC(C)=O)[C@@H](C)[C@H](O[C@H]3O[C@H](COC(C)=O)[C@@H](C)[C@H](C)[C@@H]3OC(C)=O)[C@@H]2O)cc1O[Si](C)(C)C(C)(C)C. The van der Waals surface area contributed by atoms with Gasteiger partial charge in [0.05, 0.1) is 25.4 Å². The second-order valence-electron chi connectivity index (χ2n) is 14.3. The number of methoxy groups -OCH3 is 1. The van der Waals surface area contributed by atoms with Crippen LogP contribution >= 0.6 is 0 Å². The van der Waals surface area contributed by atoms with E-state index in [1.165, 1.54) is 20.8 Å². The largest absolute Gasteiger partial charge is 0.541 e. The number of hydrogen-bond donors (Lipinski definition) is 1. The van der Waals surface area contributed by atoms with E-state index in [0.29, 0.717) is 17.1 Å². The molecule has 1 aromatic carbocycles. The molecule has 47 heavy (non-hydrogen) atoms. The van der Waals surface area contributed by atoms with Gasteiger partial charge in [-0.1, -0.05) is 47.6 Å². The van der Waals surface area contributed by atoms with Gasteiger partial charge in [-0.3, -0.25) is 14.4 Å². The smallest absolute Gasteiger partial charge is 0.303 e. The van der Waals surface area contributed by atoms with Gasteiger partial charge in [-0.15, -0.1) is 0 Å². The first-order valence-corrected chi connectivity index (χ1v) is 19.1. The number of benzene rings is 1. The summed E-state index contributed by atoms with van der Waals surface area (Å²) in [6.07, 6.45) is -6.21. The molecule has 266 valence electrons. The van der Waals surface area contributed by atoms with Crippen LogP contribution in [0, 0.1) is 17.8 Å². The Kier molecular flexibility index (Phi) is 12.9. The molecule has 0 unspecified atom stereocenters. The predicted octanol–water partition coefficient (Wildman–Crippen LogP) is 4.96. The fourth-order valence-corrected chi connectivity index (χ4v) is 6.62. The first-order chi connectivity index (χ1) is 21.8. The maximum absolute atomic E-state index is 12.2. The lowest BCUT2D eigenvalue weighted by Crippen LogP contribution is -2.58. The minimum absolute atomic E-state index is 0.0140. The summed E-state index contributed by atoms with van der Waals surface area (Å²) in [5.41, 5.74) is 0.608. The van der Waals surface area contributed by atoms with Gasteiger partial charge in [0, 0.05) is 32.6 Å². The number of ether oxygens (including phenoxy) is 7. The van der Waals surface area contributed by atoms with Gasteiger partial charge in [-0.2, -0.15) is 0 Å². The van der Waals surface area contributed by atoms with Crippen LogP contribution in [0.3, 0.4) is 0 Å². The molecule has 2 aliphatic rings. The molecule has 1 N–H and O–H groups in total. The normalized spacial score (nSPS) is 31.4. The molecule has 2 aliphatic heterocycles. The summed E-state index contributed by atoms with van der Waals surface area (Å²) in [7, 11) is -0.715. The quantitative estimate of drug-likeness (QED) is 0.191. The van der Waals surface area contributed by atoms with Gasteiger partial charge >= 0.3 is 17.9 Å². The van der Waals surface area contributed by atoms with Crippen LogP contribution < -0.4 is 9.16 Å². The minimum Gasteiger partial charge on any atom is -0.541 e. The zero-order valence-corrected chi connectivity index (χ0v) is 30.9. The maximum atomic E-state index is 12.2. The number of esters is 3. The molecule has 2 heterocycles. The molecule has 0 amide bonds. The molecule has 0 aliphatic carbocycles. The van der Waals surface area contributed by atoms with Crippen LogP contribution in [0.15, 0.2) is 18.2 Å². The van der Waals surface area contributed by atoms with Gasteiger partial charge in [0.25, 0.3) is 8.32 Å². The minimum atomic E-state index is -2.28. The molecular weight excluding hydrogens is 628 g/mol. The van der Waals surface area contributed by atoms with Crippen LogP contribution in [0.2, 0.25) is 18.1 Å². The van der Waals surface area contributed by atoms with E-state index < -0.39 is 75.1 Å². The zero-order valence-electron chi connectivity index (χ0n) is 29.9. The van der Waals surface area contributed by atoms with Crippen molar-refractivity contribution >= 4 is 26.2 Å². The number of hydrogen-bond acceptors (Lipinski definition) is 12. The van der Waals surface area contributed by atoms with E-state index in [4.69, 9.17) is 37.6 Å². The highest BCUT2D eigenvalue weighted by Crippen LogP contribution is 2.44. The molecular formula is C34H54O12Si. The Morgan fingerprint density at radius 2 is 1.40 bits per heavy atom. The average Bonchev–Trinajstić information content (AvgIpc) is 2.96. The van der Waals surface area contributed by atoms with Crippen LogP contribution in [0.1, 0.15) is 74.0 Å². The van der Waals surface area contributed by atoms with Crippen molar-refractivity contribution in [2.75, 3.05) is 20.3 Å². The van der Waals surface area contributed by atoms with Crippen LogP contribution in [-0.2, 0) is 42.8 Å². The number of rotatable bonds is 11. The molecule has 3 rings (SSSR count). The zero-order chi connectivity index (χ0) is 35.4. The van der Waals surface area contributed by atoms with Crippen molar-refractivity contribution in [3.05, 3.63) is 23.8 Å². The van der Waals surface area contributed by atoms with Crippen molar-refractivity contribution in [1.29, 1.82) is 0 Å². The molecule has 10 atom stereocenters. The van der Waals surface area contributed by atoms with E-state index in [1.807, 2.05) is 20.8 Å². The Hall–Kier alpha value is -2.71. The summed E-state index contributed by atoms with van der Waals surface area (Å²) < 4.78 is 47.9. The summed E-state index contributed by atoms with van der Waals surface area (Å²) >= 11 is 0. The molecule has 13 heteroatoms. The second kappa shape index (κ2) is 15.7. The topological polar surface area (TPSA) is 145 Å². The van der Waals surface area contributed by atoms with Gasteiger partial charge in [0.15, 0.2) is 18.1 Å². The summed E-state index contributed by atoms with van der Waals surface area (Å²) in [5.74, 6) is -1.25. The maximum Gasteiger partial charge on any atom is 0.303 e. The Bertz CT molecular complexity index is 1240.